The highest BCUT2D eigenvalue weighted by Crippen LogP contribution is 2.22. The highest BCUT2D eigenvalue weighted by molar-refractivity contribution is 7.99. The molecule has 0 spiro atoms. The second-order valence-electron chi connectivity index (χ2n) is 4.44. The van der Waals surface area contributed by atoms with Gasteiger partial charge in [-0.2, -0.15) is 11.8 Å². The second kappa shape index (κ2) is 5.52. The zero-order chi connectivity index (χ0) is 12.3. The standard InChI is InChI=1S/C14H18N2S/c1-10(2)17-9-13(15)12-6-5-11-4-3-7-16-14(11)8-12/h3-8,10,13H,9,15H2,1-2H3. The molecule has 0 amide bonds. The van der Waals surface area contributed by atoms with E-state index in [4.69, 9.17) is 5.73 Å². The molecule has 0 fully saturated rings. The number of fused-ring (bicyclic) bond motifs is 1. The predicted octanol–water partition coefficient (Wildman–Crippen LogP) is 3.38. The molecule has 2 N–H and O–H groups in total. The lowest BCUT2D eigenvalue weighted by Crippen LogP contribution is -2.14. The van der Waals surface area contributed by atoms with Crippen molar-refractivity contribution in [3.05, 3.63) is 42.1 Å². The molecule has 1 atom stereocenters. The van der Waals surface area contributed by atoms with Crippen molar-refractivity contribution in [2.75, 3.05) is 5.75 Å². The van der Waals surface area contributed by atoms with Gasteiger partial charge in [-0.1, -0.05) is 32.0 Å². The van der Waals surface area contributed by atoms with E-state index in [-0.39, 0.29) is 6.04 Å². The van der Waals surface area contributed by atoms with Crippen molar-refractivity contribution in [2.45, 2.75) is 25.1 Å². The Morgan fingerprint density at radius 3 is 2.88 bits per heavy atom. The monoisotopic (exact) mass is 246 g/mol. The van der Waals surface area contributed by atoms with Gasteiger partial charge < -0.3 is 5.73 Å². The van der Waals surface area contributed by atoms with E-state index in [1.807, 2.05) is 24.0 Å². The van der Waals surface area contributed by atoms with Crippen molar-refractivity contribution in [3.8, 4) is 0 Å². The van der Waals surface area contributed by atoms with Crippen LogP contribution in [0.4, 0.5) is 0 Å². The fourth-order valence-electron chi connectivity index (χ4n) is 1.71. The molecule has 0 aliphatic heterocycles. The van der Waals surface area contributed by atoms with Crippen molar-refractivity contribution >= 4 is 22.7 Å². The van der Waals surface area contributed by atoms with Crippen LogP contribution in [0.25, 0.3) is 10.9 Å². The third-order valence-corrected chi connectivity index (χ3v) is 3.89. The maximum atomic E-state index is 6.19. The first-order valence-corrected chi connectivity index (χ1v) is 6.93. The molecule has 0 aliphatic rings. The number of rotatable bonds is 4. The molecular formula is C14H18N2S. The van der Waals surface area contributed by atoms with Crippen LogP contribution in [0, 0.1) is 0 Å². The van der Waals surface area contributed by atoms with E-state index in [0.717, 1.165) is 11.3 Å². The van der Waals surface area contributed by atoms with E-state index in [9.17, 15) is 0 Å². The number of pyridine rings is 1. The van der Waals surface area contributed by atoms with Crippen LogP contribution in [0.3, 0.4) is 0 Å². The number of hydrogen-bond acceptors (Lipinski definition) is 3. The van der Waals surface area contributed by atoms with Crippen LogP contribution in [0.15, 0.2) is 36.5 Å². The molecule has 2 rings (SSSR count). The van der Waals surface area contributed by atoms with Gasteiger partial charge in [0, 0.05) is 23.4 Å². The van der Waals surface area contributed by atoms with Gasteiger partial charge in [-0.3, -0.25) is 4.98 Å². The number of hydrogen-bond donors (Lipinski definition) is 1. The van der Waals surface area contributed by atoms with E-state index >= 15 is 0 Å². The van der Waals surface area contributed by atoms with Gasteiger partial charge in [-0.05, 0) is 22.9 Å². The van der Waals surface area contributed by atoms with Crippen LogP contribution in [0.5, 0.6) is 0 Å². The number of nitrogens with two attached hydrogens (primary N) is 1. The maximum absolute atomic E-state index is 6.19. The fraction of sp³-hybridized carbons (Fsp3) is 0.357. The molecule has 0 saturated carbocycles. The summed E-state index contributed by atoms with van der Waals surface area (Å²) in [5.74, 6) is 0.954. The summed E-state index contributed by atoms with van der Waals surface area (Å²) in [7, 11) is 0. The lowest BCUT2D eigenvalue weighted by atomic mass is 10.1. The molecule has 0 bridgehead atoms. The topological polar surface area (TPSA) is 38.9 Å². The smallest absolute Gasteiger partial charge is 0.0705 e. The predicted molar refractivity (Wildman–Crippen MR) is 76.3 cm³/mol. The first-order chi connectivity index (χ1) is 8.16. The minimum absolute atomic E-state index is 0.0915. The van der Waals surface area contributed by atoms with Gasteiger partial charge >= 0.3 is 0 Å². The van der Waals surface area contributed by atoms with Crippen molar-refractivity contribution < 1.29 is 0 Å². The van der Waals surface area contributed by atoms with Gasteiger partial charge in [0.1, 0.15) is 0 Å². The Morgan fingerprint density at radius 2 is 2.12 bits per heavy atom. The van der Waals surface area contributed by atoms with Crippen LogP contribution in [-0.4, -0.2) is 16.0 Å². The molecular weight excluding hydrogens is 228 g/mol. The Morgan fingerprint density at radius 1 is 1.29 bits per heavy atom. The first-order valence-electron chi connectivity index (χ1n) is 5.88. The number of benzene rings is 1. The summed E-state index contributed by atoms with van der Waals surface area (Å²) < 4.78 is 0. The van der Waals surface area contributed by atoms with Crippen molar-refractivity contribution in [2.24, 2.45) is 5.73 Å². The Balaban J connectivity index is 2.18. The van der Waals surface area contributed by atoms with E-state index < -0.39 is 0 Å². The molecule has 1 unspecified atom stereocenters. The summed E-state index contributed by atoms with van der Waals surface area (Å²) in [6, 6.07) is 10.4. The molecule has 1 heterocycles. The molecule has 17 heavy (non-hydrogen) atoms. The Bertz CT molecular complexity index is 496. The molecule has 1 aromatic heterocycles. The van der Waals surface area contributed by atoms with Gasteiger partial charge in [-0.25, -0.2) is 0 Å². The van der Waals surface area contributed by atoms with Crippen molar-refractivity contribution in [1.29, 1.82) is 0 Å². The maximum Gasteiger partial charge on any atom is 0.0705 e. The molecule has 0 saturated heterocycles. The highest BCUT2D eigenvalue weighted by atomic mass is 32.2. The van der Waals surface area contributed by atoms with Crippen LogP contribution in [-0.2, 0) is 0 Å². The molecule has 0 radical (unpaired) electrons. The lowest BCUT2D eigenvalue weighted by Gasteiger charge is -2.13. The summed E-state index contributed by atoms with van der Waals surface area (Å²) in [4.78, 5) is 4.36. The molecule has 1 aromatic carbocycles. The summed E-state index contributed by atoms with van der Waals surface area (Å²) in [6.07, 6.45) is 1.82. The average molecular weight is 246 g/mol. The SMILES string of the molecule is CC(C)SCC(N)c1ccc2cccnc2c1. The Hall–Kier alpha value is -1.06. The molecule has 2 aromatic rings. The van der Waals surface area contributed by atoms with Crippen LogP contribution >= 0.6 is 11.8 Å². The van der Waals surface area contributed by atoms with Gasteiger partial charge in [-0.15, -0.1) is 0 Å². The highest BCUT2D eigenvalue weighted by Gasteiger charge is 2.08. The fourth-order valence-corrected chi connectivity index (χ4v) is 2.49. The third-order valence-electron chi connectivity index (χ3n) is 2.67. The molecule has 3 heteroatoms. The van der Waals surface area contributed by atoms with Crippen molar-refractivity contribution in [3.63, 3.8) is 0 Å². The first kappa shape index (κ1) is 12.4. The minimum atomic E-state index is 0.0915. The normalized spacial score (nSPS) is 13.2. The summed E-state index contributed by atoms with van der Waals surface area (Å²) >= 11 is 1.89. The summed E-state index contributed by atoms with van der Waals surface area (Å²) in [5, 5.41) is 1.79. The largest absolute Gasteiger partial charge is 0.323 e. The number of thioether (sulfide) groups is 1. The van der Waals surface area contributed by atoms with Crippen LogP contribution in [0.1, 0.15) is 25.5 Å². The minimum Gasteiger partial charge on any atom is -0.323 e. The van der Waals surface area contributed by atoms with Crippen LogP contribution in [0.2, 0.25) is 0 Å². The van der Waals surface area contributed by atoms with Gasteiger partial charge in [0.25, 0.3) is 0 Å². The number of aromatic nitrogens is 1. The zero-order valence-corrected chi connectivity index (χ0v) is 11.1. The summed E-state index contributed by atoms with van der Waals surface area (Å²) in [6.45, 7) is 4.39. The third kappa shape index (κ3) is 3.20. The quantitative estimate of drug-likeness (QED) is 0.899. The second-order valence-corrected chi connectivity index (χ2v) is 6.05. The van der Waals surface area contributed by atoms with E-state index in [0.29, 0.717) is 5.25 Å². The molecule has 2 nitrogen and oxygen atoms in total. The Labute approximate surface area is 107 Å². The van der Waals surface area contributed by atoms with E-state index in [1.165, 1.54) is 10.9 Å². The van der Waals surface area contributed by atoms with Gasteiger partial charge in [0.15, 0.2) is 0 Å². The number of nitrogens with zero attached hydrogens (tertiary/aromatic N) is 1. The molecule has 0 aliphatic carbocycles. The Kier molecular flexibility index (Phi) is 4.02. The lowest BCUT2D eigenvalue weighted by molar-refractivity contribution is 0.829. The average Bonchev–Trinajstić information content (AvgIpc) is 2.35. The van der Waals surface area contributed by atoms with Crippen molar-refractivity contribution in [1.82, 2.24) is 4.98 Å². The van der Waals surface area contributed by atoms with E-state index in [1.54, 1.807) is 0 Å². The van der Waals surface area contributed by atoms with Crippen LogP contribution < -0.4 is 5.73 Å². The van der Waals surface area contributed by atoms with Gasteiger partial charge in [0.2, 0.25) is 0 Å². The van der Waals surface area contributed by atoms with Gasteiger partial charge in [0.05, 0.1) is 5.52 Å². The van der Waals surface area contributed by atoms with E-state index in [2.05, 4.69) is 43.1 Å². The molecule has 90 valence electrons. The zero-order valence-electron chi connectivity index (χ0n) is 10.3. The summed E-state index contributed by atoms with van der Waals surface area (Å²) in [5.41, 5.74) is 8.38.